The van der Waals surface area contributed by atoms with E-state index in [1.807, 2.05) is 45.0 Å². The van der Waals surface area contributed by atoms with Crippen LogP contribution in [0.25, 0.3) is 0 Å². The van der Waals surface area contributed by atoms with Crippen LogP contribution in [0.3, 0.4) is 0 Å². The predicted molar refractivity (Wildman–Crippen MR) is 137 cm³/mol. The van der Waals surface area contributed by atoms with Crippen molar-refractivity contribution in [1.29, 1.82) is 0 Å². The first kappa shape index (κ1) is 26.1. The standard InChI is InChI=1S/C29H35NO5/c1-4-33-25-16-10-23(11-17-25)29(32,24-12-18-26(19-13-24)34-5-2)28(31)30-20-6-7-21-35-27-14-8-22(3)9-15-27/h8-19,32H,4-7,20-21H2,1-3H3,(H,30,31). The molecule has 3 rings (SSSR count). The summed E-state index contributed by atoms with van der Waals surface area (Å²) in [5, 5.41) is 14.6. The Hall–Kier alpha value is -3.51. The van der Waals surface area contributed by atoms with E-state index in [9.17, 15) is 9.90 Å². The summed E-state index contributed by atoms with van der Waals surface area (Å²) >= 11 is 0. The van der Waals surface area contributed by atoms with Gasteiger partial charge in [0.05, 0.1) is 19.8 Å². The van der Waals surface area contributed by atoms with E-state index in [0.717, 1.165) is 18.6 Å². The Balaban J connectivity index is 1.65. The molecule has 0 saturated heterocycles. The van der Waals surface area contributed by atoms with E-state index >= 15 is 0 Å². The summed E-state index contributed by atoms with van der Waals surface area (Å²) in [7, 11) is 0. The summed E-state index contributed by atoms with van der Waals surface area (Å²) in [5.74, 6) is 1.71. The molecular formula is C29H35NO5. The SMILES string of the molecule is CCOc1ccc(C(O)(C(=O)NCCCCOc2ccc(C)cc2)c2ccc(OCC)cc2)cc1. The molecule has 0 aliphatic carbocycles. The van der Waals surface area contributed by atoms with Crippen LogP contribution in [0.1, 0.15) is 43.4 Å². The monoisotopic (exact) mass is 477 g/mol. The van der Waals surface area contributed by atoms with Crippen molar-refractivity contribution in [3.8, 4) is 17.2 Å². The zero-order chi connectivity index (χ0) is 25.1. The number of unbranched alkanes of at least 4 members (excludes halogenated alkanes) is 1. The van der Waals surface area contributed by atoms with Crippen LogP contribution in [0.2, 0.25) is 0 Å². The summed E-state index contributed by atoms with van der Waals surface area (Å²) in [5.41, 5.74) is 0.261. The van der Waals surface area contributed by atoms with E-state index < -0.39 is 11.5 Å². The largest absolute Gasteiger partial charge is 0.494 e. The lowest BCUT2D eigenvalue weighted by molar-refractivity contribution is -0.136. The molecule has 0 saturated carbocycles. The van der Waals surface area contributed by atoms with Crippen molar-refractivity contribution in [3.05, 3.63) is 89.5 Å². The average Bonchev–Trinajstić information content (AvgIpc) is 2.88. The van der Waals surface area contributed by atoms with Crippen LogP contribution in [0.5, 0.6) is 17.2 Å². The van der Waals surface area contributed by atoms with Gasteiger partial charge in [-0.2, -0.15) is 0 Å². The van der Waals surface area contributed by atoms with Gasteiger partial charge in [0.15, 0.2) is 5.60 Å². The van der Waals surface area contributed by atoms with Crippen LogP contribution in [0, 0.1) is 6.92 Å². The maximum absolute atomic E-state index is 13.3. The highest BCUT2D eigenvalue weighted by Crippen LogP contribution is 2.32. The van der Waals surface area contributed by atoms with Gasteiger partial charge in [0.2, 0.25) is 0 Å². The van der Waals surface area contributed by atoms with Crippen LogP contribution in [-0.4, -0.2) is 37.4 Å². The van der Waals surface area contributed by atoms with Crippen LogP contribution >= 0.6 is 0 Å². The summed E-state index contributed by atoms with van der Waals surface area (Å²) in [4.78, 5) is 13.3. The molecule has 35 heavy (non-hydrogen) atoms. The highest BCUT2D eigenvalue weighted by Gasteiger charge is 2.39. The first-order chi connectivity index (χ1) is 17.0. The van der Waals surface area contributed by atoms with Crippen molar-refractivity contribution in [3.63, 3.8) is 0 Å². The van der Waals surface area contributed by atoms with Crippen molar-refractivity contribution in [2.75, 3.05) is 26.4 Å². The summed E-state index contributed by atoms with van der Waals surface area (Å²) < 4.78 is 16.8. The van der Waals surface area contributed by atoms with E-state index in [2.05, 4.69) is 5.32 Å². The average molecular weight is 478 g/mol. The van der Waals surface area contributed by atoms with Gasteiger partial charge in [-0.05, 0) is 81.1 Å². The summed E-state index contributed by atoms with van der Waals surface area (Å²) in [6, 6.07) is 21.8. The normalized spacial score (nSPS) is 11.1. The van der Waals surface area contributed by atoms with Gasteiger partial charge in [-0.15, -0.1) is 0 Å². The minimum absolute atomic E-state index is 0.423. The van der Waals surface area contributed by atoms with E-state index in [-0.39, 0.29) is 0 Å². The van der Waals surface area contributed by atoms with Crippen molar-refractivity contribution in [2.45, 2.75) is 39.2 Å². The van der Waals surface area contributed by atoms with Crippen LogP contribution in [0.4, 0.5) is 0 Å². The topological polar surface area (TPSA) is 77.0 Å². The molecule has 0 unspecified atom stereocenters. The number of nitrogens with one attached hydrogen (secondary N) is 1. The highest BCUT2D eigenvalue weighted by molar-refractivity contribution is 5.90. The quantitative estimate of drug-likeness (QED) is 0.339. The number of aryl methyl sites for hydroxylation is 1. The first-order valence-corrected chi connectivity index (χ1v) is 12.1. The lowest BCUT2D eigenvalue weighted by Gasteiger charge is -2.28. The smallest absolute Gasteiger partial charge is 0.261 e. The molecule has 0 heterocycles. The van der Waals surface area contributed by atoms with E-state index in [1.54, 1.807) is 48.5 Å². The third-order valence-electron chi connectivity index (χ3n) is 5.64. The maximum atomic E-state index is 13.3. The number of aliphatic hydroxyl groups is 1. The molecule has 0 aliphatic heterocycles. The second kappa shape index (κ2) is 12.8. The van der Waals surface area contributed by atoms with Gasteiger partial charge in [-0.3, -0.25) is 4.79 Å². The molecule has 0 atom stereocenters. The minimum Gasteiger partial charge on any atom is -0.494 e. The van der Waals surface area contributed by atoms with Crippen molar-refractivity contribution >= 4 is 5.91 Å². The van der Waals surface area contributed by atoms with E-state index in [1.165, 1.54) is 5.56 Å². The van der Waals surface area contributed by atoms with Crippen molar-refractivity contribution in [1.82, 2.24) is 5.32 Å². The van der Waals surface area contributed by atoms with Gasteiger partial charge in [-0.1, -0.05) is 42.0 Å². The molecule has 2 N–H and O–H groups in total. The van der Waals surface area contributed by atoms with E-state index in [0.29, 0.717) is 49.0 Å². The van der Waals surface area contributed by atoms with Crippen LogP contribution < -0.4 is 19.5 Å². The number of hydrogen-bond acceptors (Lipinski definition) is 5. The Morgan fingerprint density at radius 3 is 1.69 bits per heavy atom. The van der Waals surface area contributed by atoms with Gasteiger partial charge in [-0.25, -0.2) is 0 Å². The molecule has 0 spiro atoms. The number of hydrogen-bond donors (Lipinski definition) is 2. The molecule has 0 radical (unpaired) electrons. The minimum atomic E-state index is -1.85. The Labute approximate surface area is 207 Å². The third-order valence-corrected chi connectivity index (χ3v) is 5.64. The molecule has 6 nitrogen and oxygen atoms in total. The number of rotatable bonds is 13. The molecular weight excluding hydrogens is 442 g/mol. The molecule has 6 heteroatoms. The number of carbonyl (C=O) groups is 1. The van der Waals surface area contributed by atoms with Gasteiger partial charge in [0.25, 0.3) is 5.91 Å². The van der Waals surface area contributed by atoms with Crippen LogP contribution in [-0.2, 0) is 10.4 Å². The van der Waals surface area contributed by atoms with Gasteiger partial charge < -0.3 is 24.6 Å². The van der Waals surface area contributed by atoms with E-state index in [4.69, 9.17) is 14.2 Å². The molecule has 0 bridgehead atoms. The fourth-order valence-corrected chi connectivity index (χ4v) is 3.73. The van der Waals surface area contributed by atoms with Gasteiger partial charge >= 0.3 is 0 Å². The number of carbonyl (C=O) groups excluding carboxylic acids is 1. The third kappa shape index (κ3) is 6.99. The highest BCUT2D eigenvalue weighted by atomic mass is 16.5. The lowest BCUT2D eigenvalue weighted by Crippen LogP contribution is -2.45. The Morgan fingerprint density at radius 1 is 0.743 bits per heavy atom. The van der Waals surface area contributed by atoms with Crippen LogP contribution in [0.15, 0.2) is 72.8 Å². The molecule has 0 aliphatic rings. The van der Waals surface area contributed by atoms with Crippen molar-refractivity contribution < 1.29 is 24.1 Å². The van der Waals surface area contributed by atoms with Gasteiger partial charge in [0.1, 0.15) is 17.2 Å². The second-order valence-corrected chi connectivity index (χ2v) is 8.25. The molecule has 0 fully saturated rings. The molecule has 3 aromatic carbocycles. The first-order valence-electron chi connectivity index (χ1n) is 12.1. The zero-order valence-corrected chi connectivity index (χ0v) is 20.8. The van der Waals surface area contributed by atoms with Gasteiger partial charge in [0, 0.05) is 6.54 Å². The number of ether oxygens (including phenoxy) is 3. The molecule has 186 valence electrons. The Morgan fingerprint density at radius 2 is 1.20 bits per heavy atom. The number of benzene rings is 3. The summed E-state index contributed by atoms with van der Waals surface area (Å²) in [6.07, 6.45) is 1.50. The summed E-state index contributed by atoms with van der Waals surface area (Å²) in [6.45, 7) is 7.90. The maximum Gasteiger partial charge on any atom is 0.261 e. The Kier molecular flexibility index (Phi) is 9.56. The molecule has 0 aromatic heterocycles. The Bertz CT molecular complexity index is 996. The predicted octanol–water partition coefficient (Wildman–Crippen LogP) is 5.00. The van der Waals surface area contributed by atoms with Crippen molar-refractivity contribution in [2.24, 2.45) is 0 Å². The number of amides is 1. The second-order valence-electron chi connectivity index (χ2n) is 8.25. The molecule has 1 amide bonds. The fraction of sp³-hybridized carbons (Fsp3) is 0.345. The lowest BCUT2D eigenvalue weighted by atomic mass is 9.85. The molecule has 3 aromatic rings. The zero-order valence-electron chi connectivity index (χ0n) is 20.8. The fourth-order valence-electron chi connectivity index (χ4n) is 3.73.